The van der Waals surface area contributed by atoms with Crippen molar-refractivity contribution >= 4 is 17.8 Å². The Bertz CT molecular complexity index is 1450. The van der Waals surface area contributed by atoms with Gasteiger partial charge in [-0.25, -0.2) is 14.2 Å². The first-order chi connectivity index (χ1) is 22.2. The van der Waals surface area contributed by atoms with Crippen LogP contribution in [0.1, 0.15) is 55.2 Å². The van der Waals surface area contributed by atoms with Gasteiger partial charge in [0.15, 0.2) is 17.2 Å². The molecule has 1 fully saturated rings. The molecule has 246 valence electrons. The molecule has 0 radical (unpaired) electrons. The summed E-state index contributed by atoms with van der Waals surface area (Å²) in [5.74, 6) is -2.58. The van der Waals surface area contributed by atoms with Crippen molar-refractivity contribution in [2.75, 3.05) is 20.5 Å². The molecule has 1 aliphatic heterocycles. The van der Waals surface area contributed by atoms with Crippen LogP contribution in [-0.2, 0) is 36.6 Å². The summed E-state index contributed by atoms with van der Waals surface area (Å²) in [5.41, 5.74) is 1.89. The van der Waals surface area contributed by atoms with E-state index in [2.05, 4.69) is 22.4 Å². The Kier molecular flexibility index (Phi) is 12.5. The highest BCUT2D eigenvalue weighted by atomic mass is 19.1. The Labute approximate surface area is 268 Å². The van der Waals surface area contributed by atoms with Crippen molar-refractivity contribution in [3.05, 3.63) is 89.5 Å². The normalized spacial score (nSPS) is 20.1. The van der Waals surface area contributed by atoms with E-state index < -0.39 is 36.8 Å². The lowest BCUT2D eigenvalue weighted by Gasteiger charge is -2.31. The maximum absolute atomic E-state index is 13.6. The number of methoxy groups -OCH3 is 1. The van der Waals surface area contributed by atoms with Crippen molar-refractivity contribution in [2.24, 2.45) is 11.8 Å². The summed E-state index contributed by atoms with van der Waals surface area (Å²) >= 11 is 0. The van der Waals surface area contributed by atoms with Crippen molar-refractivity contribution in [1.29, 1.82) is 0 Å². The maximum Gasteiger partial charge on any atom is 0.329 e. The van der Waals surface area contributed by atoms with Crippen LogP contribution in [0.25, 0.3) is 0 Å². The monoisotopic (exact) mass is 636 g/mol. The van der Waals surface area contributed by atoms with Crippen LogP contribution in [0.15, 0.2) is 66.9 Å². The van der Waals surface area contributed by atoms with E-state index >= 15 is 0 Å². The van der Waals surface area contributed by atoms with E-state index in [1.807, 2.05) is 25.1 Å². The second-order valence-corrected chi connectivity index (χ2v) is 11.5. The highest BCUT2D eigenvalue weighted by molar-refractivity contribution is 5.98. The number of halogens is 1. The number of carbonyl (C=O) groups is 3. The van der Waals surface area contributed by atoms with Crippen LogP contribution in [0.3, 0.4) is 0 Å². The molecule has 3 aromatic rings. The zero-order chi connectivity index (χ0) is 33.1. The number of ether oxygens (including phenoxy) is 5. The quantitative estimate of drug-likeness (QED) is 0.214. The zero-order valence-electron chi connectivity index (χ0n) is 26.6. The largest absolute Gasteiger partial charge is 0.493 e. The molecule has 4 atom stereocenters. The summed E-state index contributed by atoms with van der Waals surface area (Å²) in [6.45, 7) is 4.89. The van der Waals surface area contributed by atoms with Gasteiger partial charge in [-0.15, -0.1) is 0 Å². The van der Waals surface area contributed by atoms with Gasteiger partial charge >= 0.3 is 11.9 Å². The molecule has 1 saturated heterocycles. The molecule has 10 nitrogen and oxygen atoms in total. The van der Waals surface area contributed by atoms with Crippen LogP contribution in [0.4, 0.5) is 4.39 Å². The third-order valence-corrected chi connectivity index (χ3v) is 7.84. The van der Waals surface area contributed by atoms with E-state index in [4.69, 9.17) is 23.7 Å². The SMILES string of the molecule is COc1ccnc(C(=O)N[C@H]2CCO[C@H](CCc3ccccc3)[C@@H](Cc3ccc(F)cc3)[C@H](C)OC2=O)c1OCOC(=O)C(C)C. The zero-order valence-corrected chi connectivity index (χ0v) is 26.6. The van der Waals surface area contributed by atoms with Crippen LogP contribution in [0.2, 0.25) is 0 Å². The Morgan fingerprint density at radius 2 is 1.80 bits per heavy atom. The van der Waals surface area contributed by atoms with Crippen molar-refractivity contribution in [3.8, 4) is 11.5 Å². The van der Waals surface area contributed by atoms with Gasteiger partial charge in [0.1, 0.15) is 18.0 Å². The van der Waals surface area contributed by atoms with Gasteiger partial charge in [0.2, 0.25) is 6.79 Å². The Morgan fingerprint density at radius 1 is 1.07 bits per heavy atom. The van der Waals surface area contributed by atoms with Crippen molar-refractivity contribution in [2.45, 2.75) is 64.7 Å². The minimum atomic E-state index is -1.05. The van der Waals surface area contributed by atoms with Crippen molar-refractivity contribution in [3.63, 3.8) is 0 Å². The van der Waals surface area contributed by atoms with Crippen molar-refractivity contribution < 1.29 is 42.5 Å². The van der Waals surface area contributed by atoms with Crippen LogP contribution in [0, 0.1) is 17.7 Å². The van der Waals surface area contributed by atoms with E-state index in [-0.39, 0.29) is 54.0 Å². The van der Waals surface area contributed by atoms with E-state index in [1.54, 1.807) is 26.0 Å². The third kappa shape index (κ3) is 9.50. The molecule has 2 heterocycles. The minimum absolute atomic E-state index is 0.0413. The van der Waals surface area contributed by atoms with Crippen LogP contribution in [0.5, 0.6) is 11.5 Å². The number of esters is 2. The molecule has 0 bridgehead atoms. The highest BCUT2D eigenvalue weighted by Crippen LogP contribution is 2.30. The maximum atomic E-state index is 13.6. The van der Waals surface area contributed by atoms with Gasteiger partial charge < -0.3 is 29.0 Å². The second-order valence-electron chi connectivity index (χ2n) is 11.5. The van der Waals surface area contributed by atoms with Gasteiger partial charge in [0.25, 0.3) is 5.91 Å². The van der Waals surface area contributed by atoms with Crippen LogP contribution in [-0.4, -0.2) is 61.6 Å². The molecule has 1 aliphatic rings. The number of aryl methyl sites for hydroxylation is 1. The third-order valence-electron chi connectivity index (χ3n) is 7.84. The molecular weight excluding hydrogens is 595 g/mol. The molecule has 4 rings (SSSR count). The molecular formula is C35H41FN2O8. The van der Waals surface area contributed by atoms with Gasteiger partial charge in [0, 0.05) is 31.2 Å². The number of hydrogen-bond donors (Lipinski definition) is 1. The van der Waals surface area contributed by atoms with E-state index in [0.717, 1.165) is 17.5 Å². The molecule has 0 spiro atoms. The number of rotatable bonds is 12. The van der Waals surface area contributed by atoms with Gasteiger partial charge in [-0.05, 0) is 49.4 Å². The molecule has 11 heteroatoms. The number of amides is 1. The van der Waals surface area contributed by atoms with Crippen LogP contribution >= 0.6 is 0 Å². The van der Waals surface area contributed by atoms with E-state index in [0.29, 0.717) is 12.8 Å². The fourth-order valence-corrected chi connectivity index (χ4v) is 5.24. The number of nitrogens with zero attached hydrogens (tertiary/aromatic N) is 1. The van der Waals surface area contributed by atoms with Gasteiger partial charge in [0.05, 0.1) is 19.1 Å². The number of benzene rings is 2. The lowest BCUT2D eigenvalue weighted by molar-refractivity contribution is -0.155. The fraction of sp³-hybridized carbons (Fsp3) is 0.429. The molecule has 1 N–H and O–H groups in total. The molecule has 0 aliphatic carbocycles. The molecule has 1 aromatic heterocycles. The predicted octanol–water partition coefficient (Wildman–Crippen LogP) is 5.08. The highest BCUT2D eigenvalue weighted by Gasteiger charge is 2.35. The molecule has 1 amide bonds. The Hall–Kier alpha value is -4.51. The van der Waals surface area contributed by atoms with Gasteiger partial charge in [-0.1, -0.05) is 56.3 Å². The summed E-state index contributed by atoms with van der Waals surface area (Å²) < 4.78 is 42.0. The average Bonchev–Trinajstić information content (AvgIpc) is 3.10. The van der Waals surface area contributed by atoms with E-state index in [9.17, 15) is 18.8 Å². The van der Waals surface area contributed by atoms with Gasteiger partial charge in [-0.2, -0.15) is 0 Å². The number of carbonyl (C=O) groups excluding carboxylic acids is 3. The summed E-state index contributed by atoms with van der Waals surface area (Å²) in [6.07, 6.45) is 2.57. The molecule has 0 saturated carbocycles. The summed E-state index contributed by atoms with van der Waals surface area (Å²) in [6, 6.07) is 16.7. The summed E-state index contributed by atoms with van der Waals surface area (Å²) in [7, 11) is 1.40. The Balaban J connectivity index is 1.51. The lowest BCUT2D eigenvalue weighted by atomic mass is 9.86. The van der Waals surface area contributed by atoms with Gasteiger partial charge in [-0.3, -0.25) is 9.59 Å². The molecule has 46 heavy (non-hydrogen) atoms. The standard InChI is InChI=1S/C35H41FN2O8/c1-22(2)34(40)45-21-44-32-30(42-4)16-18-37-31(32)33(39)38-28-17-19-43-29(15-12-24-8-6-5-7-9-24)27(23(3)46-35(28)41)20-25-10-13-26(36)14-11-25/h5-11,13-14,16,18,22-23,27-29H,12,15,17,19-21H2,1-4H3,(H,38,39)/t23-,27-,28-,29+/m0/s1. The van der Waals surface area contributed by atoms with Crippen molar-refractivity contribution in [1.82, 2.24) is 10.3 Å². The fourth-order valence-electron chi connectivity index (χ4n) is 5.24. The minimum Gasteiger partial charge on any atom is -0.493 e. The molecule has 0 unspecified atom stereocenters. The average molecular weight is 637 g/mol. The first kappa shape index (κ1) is 34.4. The topological polar surface area (TPSA) is 122 Å². The Morgan fingerprint density at radius 3 is 2.50 bits per heavy atom. The first-order valence-corrected chi connectivity index (χ1v) is 15.4. The smallest absolute Gasteiger partial charge is 0.329 e. The summed E-state index contributed by atoms with van der Waals surface area (Å²) in [4.78, 5) is 43.0. The molecule has 2 aromatic carbocycles. The number of cyclic esters (lactones) is 1. The number of aromatic nitrogens is 1. The number of hydrogen-bond acceptors (Lipinski definition) is 9. The number of pyridine rings is 1. The summed E-state index contributed by atoms with van der Waals surface area (Å²) in [5, 5.41) is 2.71. The predicted molar refractivity (Wildman–Crippen MR) is 167 cm³/mol. The number of nitrogens with one attached hydrogen (secondary N) is 1. The lowest BCUT2D eigenvalue weighted by Crippen LogP contribution is -2.44. The van der Waals surface area contributed by atoms with E-state index in [1.165, 1.54) is 31.5 Å². The van der Waals surface area contributed by atoms with Crippen LogP contribution < -0.4 is 14.8 Å². The first-order valence-electron chi connectivity index (χ1n) is 15.4. The second kappa shape index (κ2) is 16.7.